The van der Waals surface area contributed by atoms with Crippen molar-refractivity contribution in [2.45, 2.75) is 0 Å². The van der Waals surface area contributed by atoms with Gasteiger partial charge in [0.2, 0.25) is 0 Å². The van der Waals surface area contributed by atoms with E-state index in [1.807, 2.05) is 19.5 Å². The minimum Gasteiger partial charge on any atom is -0.465 e. The molecule has 0 bridgehead atoms. The topological polar surface area (TPSA) is 41.9 Å². The van der Waals surface area contributed by atoms with Crippen molar-refractivity contribution in [1.82, 2.24) is 4.90 Å². The van der Waals surface area contributed by atoms with Gasteiger partial charge in [0.15, 0.2) is 0 Å². The smallest absolute Gasteiger partial charge is 0.340 e. The molecule has 0 radical (unpaired) electrons. The number of thiophene rings is 1. The van der Waals surface area contributed by atoms with Crippen LogP contribution in [0, 0.1) is 0 Å². The Bertz CT molecular complexity index is 344. The van der Waals surface area contributed by atoms with Crippen molar-refractivity contribution in [3.8, 4) is 0 Å². The van der Waals surface area contributed by atoms with Gasteiger partial charge in [-0.15, -0.1) is 11.3 Å². The molecule has 1 rings (SSSR count). The highest BCUT2D eigenvalue weighted by Crippen LogP contribution is 2.26. The van der Waals surface area contributed by atoms with Gasteiger partial charge in [-0.2, -0.15) is 0 Å². The molecule has 0 unspecified atom stereocenters. The van der Waals surface area contributed by atoms with E-state index in [0.29, 0.717) is 10.6 Å². The molecule has 0 saturated carbocycles. The maximum Gasteiger partial charge on any atom is 0.340 e. The monoisotopic (exact) mass is 212 g/mol. The van der Waals surface area contributed by atoms with Crippen LogP contribution in [-0.2, 0) is 4.74 Å². The molecule has 0 aliphatic rings. The van der Waals surface area contributed by atoms with Crippen molar-refractivity contribution in [2.24, 2.45) is 4.99 Å². The van der Waals surface area contributed by atoms with Crippen LogP contribution in [0.1, 0.15) is 10.4 Å². The van der Waals surface area contributed by atoms with Gasteiger partial charge in [0, 0.05) is 14.1 Å². The van der Waals surface area contributed by atoms with Crippen molar-refractivity contribution in [1.29, 1.82) is 0 Å². The van der Waals surface area contributed by atoms with Gasteiger partial charge in [-0.05, 0) is 11.4 Å². The van der Waals surface area contributed by atoms with Crippen LogP contribution in [-0.4, -0.2) is 38.4 Å². The van der Waals surface area contributed by atoms with Crippen molar-refractivity contribution >= 4 is 28.6 Å². The number of ether oxygens (including phenoxy) is 1. The minimum atomic E-state index is -0.350. The molecule has 0 spiro atoms. The van der Waals surface area contributed by atoms with Crippen LogP contribution in [0.3, 0.4) is 0 Å². The van der Waals surface area contributed by atoms with Gasteiger partial charge in [-0.3, -0.25) is 0 Å². The third-order valence-electron chi connectivity index (χ3n) is 1.46. The molecule has 0 fully saturated rings. The van der Waals surface area contributed by atoms with E-state index < -0.39 is 0 Å². The van der Waals surface area contributed by atoms with E-state index in [4.69, 9.17) is 0 Å². The first-order valence-corrected chi connectivity index (χ1v) is 4.89. The zero-order valence-electron chi connectivity index (χ0n) is 8.35. The normalized spacial score (nSPS) is 10.5. The lowest BCUT2D eigenvalue weighted by molar-refractivity contribution is 0.0602. The summed E-state index contributed by atoms with van der Waals surface area (Å²) in [6.45, 7) is 0. The highest BCUT2D eigenvalue weighted by atomic mass is 32.1. The van der Waals surface area contributed by atoms with E-state index in [1.54, 1.807) is 17.3 Å². The molecule has 5 heteroatoms. The zero-order chi connectivity index (χ0) is 10.6. The van der Waals surface area contributed by atoms with Gasteiger partial charge >= 0.3 is 5.97 Å². The summed E-state index contributed by atoms with van der Waals surface area (Å²) >= 11 is 1.41. The Morgan fingerprint density at radius 3 is 2.93 bits per heavy atom. The second kappa shape index (κ2) is 4.76. The first kappa shape index (κ1) is 10.7. The van der Waals surface area contributed by atoms with Crippen LogP contribution in [0.15, 0.2) is 16.4 Å². The van der Waals surface area contributed by atoms with Gasteiger partial charge < -0.3 is 9.64 Å². The fourth-order valence-electron chi connectivity index (χ4n) is 0.834. The van der Waals surface area contributed by atoms with E-state index >= 15 is 0 Å². The molecular weight excluding hydrogens is 200 g/mol. The number of aliphatic imine (C=N–C) groups is 1. The average Bonchev–Trinajstić information content (AvgIpc) is 2.61. The van der Waals surface area contributed by atoms with Crippen LogP contribution in [0.5, 0.6) is 0 Å². The molecule has 76 valence electrons. The van der Waals surface area contributed by atoms with E-state index in [2.05, 4.69) is 9.73 Å². The summed E-state index contributed by atoms with van der Waals surface area (Å²) in [5, 5.41) is 2.49. The molecule has 14 heavy (non-hydrogen) atoms. The Morgan fingerprint density at radius 1 is 1.64 bits per heavy atom. The molecule has 0 aromatic carbocycles. The van der Waals surface area contributed by atoms with Crippen molar-refractivity contribution < 1.29 is 9.53 Å². The average molecular weight is 212 g/mol. The summed E-state index contributed by atoms with van der Waals surface area (Å²) in [6, 6.07) is 1.71. The summed E-state index contributed by atoms with van der Waals surface area (Å²) in [6.07, 6.45) is 1.65. The third-order valence-corrected chi connectivity index (χ3v) is 2.28. The van der Waals surface area contributed by atoms with Crippen LogP contribution in [0.25, 0.3) is 0 Å². The van der Waals surface area contributed by atoms with Crippen LogP contribution < -0.4 is 0 Å². The Balaban J connectivity index is 2.88. The summed E-state index contributed by atoms with van der Waals surface area (Å²) in [5.41, 5.74) is 0.510. The van der Waals surface area contributed by atoms with E-state index in [-0.39, 0.29) is 5.97 Å². The van der Waals surface area contributed by atoms with Crippen LogP contribution >= 0.6 is 11.3 Å². The molecule has 1 heterocycles. The standard InChI is InChI=1S/C9H12N2O2S/c1-11(2)6-10-8-7(4-5-14-8)9(12)13-3/h4-6H,1-3H3/b10-6+. The number of hydrogen-bond donors (Lipinski definition) is 0. The van der Waals surface area contributed by atoms with E-state index in [9.17, 15) is 4.79 Å². The van der Waals surface area contributed by atoms with Gasteiger partial charge in [0.25, 0.3) is 0 Å². The highest BCUT2D eigenvalue weighted by molar-refractivity contribution is 7.14. The molecule has 1 aromatic rings. The minimum absolute atomic E-state index is 0.350. The van der Waals surface area contributed by atoms with Crippen LogP contribution in [0.2, 0.25) is 0 Å². The molecular formula is C9H12N2O2S. The largest absolute Gasteiger partial charge is 0.465 e. The molecule has 0 aliphatic heterocycles. The number of carbonyl (C=O) groups excluding carboxylic acids is 1. The second-order valence-corrected chi connectivity index (χ2v) is 3.73. The Kier molecular flexibility index (Phi) is 3.64. The number of nitrogens with zero attached hydrogens (tertiary/aromatic N) is 2. The lowest BCUT2D eigenvalue weighted by Crippen LogP contribution is -2.07. The maximum atomic E-state index is 11.2. The van der Waals surface area contributed by atoms with E-state index in [1.165, 1.54) is 18.4 Å². The highest BCUT2D eigenvalue weighted by Gasteiger charge is 2.11. The predicted octanol–water partition coefficient (Wildman–Crippen LogP) is 1.76. The number of carbonyl (C=O) groups is 1. The van der Waals surface area contributed by atoms with E-state index in [0.717, 1.165) is 0 Å². The molecule has 4 nitrogen and oxygen atoms in total. The Labute approximate surface area is 86.8 Å². The lowest BCUT2D eigenvalue weighted by atomic mass is 10.3. The van der Waals surface area contributed by atoms with Crippen molar-refractivity contribution in [2.75, 3.05) is 21.2 Å². The molecule has 0 aliphatic carbocycles. The summed E-state index contributed by atoms with van der Waals surface area (Å²) in [4.78, 5) is 17.2. The first-order chi connectivity index (χ1) is 6.65. The Hall–Kier alpha value is -1.36. The quantitative estimate of drug-likeness (QED) is 0.435. The second-order valence-electron chi connectivity index (χ2n) is 2.84. The van der Waals surface area contributed by atoms with Gasteiger partial charge in [0.05, 0.1) is 19.0 Å². The number of methoxy groups -OCH3 is 1. The Morgan fingerprint density at radius 2 is 2.36 bits per heavy atom. The maximum absolute atomic E-state index is 11.2. The van der Waals surface area contributed by atoms with Gasteiger partial charge in [0.1, 0.15) is 5.00 Å². The molecule has 0 amide bonds. The molecule has 0 atom stereocenters. The van der Waals surface area contributed by atoms with Crippen molar-refractivity contribution in [3.63, 3.8) is 0 Å². The molecule has 0 N–H and O–H groups in total. The SMILES string of the molecule is COC(=O)c1ccsc1/N=C/N(C)C. The number of rotatable bonds is 3. The van der Waals surface area contributed by atoms with Crippen LogP contribution in [0.4, 0.5) is 5.00 Å². The third kappa shape index (κ3) is 2.56. The summed E-state index contributed by atoms with van der Waals surface area (Å²) < 4.78 is 4.62. The lowest BCUT2D eigenvalue weighted by Gasteiger charge is -2.02. The predicted molar refractivity (Wildman–Crippen MR) is 57.5 cm³/mol. The molecule has 1 aromatic heterocycles. The number of esters is 1. The zero-order valence-corrected chi connectivity index (χ0v) is 9.17. The number of hydrogen-bond acceptors (Lipinski definition) is 4. The first-order valence-electron chi connectivity index (χ1n) is 4.01. The summed E-state index contributed by atoms with van der Waals surface area (Å²) in [7, 11) is 5.10. The molecule has 0 saturated heterocycles. The fraction of sp³-hybridized carbons (Fsp3) is 0.333. The van der Waals surface area contributed by atoms with Gasteiger partial charge in [-0.1, -0.05) is 0 Å². The van der Waals surface area contributed by atoms with Crippen molar-refractivity contribution in [3.05, 3.63) is 17.0 Å². The fourth-order valence-corrected chi connectivity index (χ4v) is 1.55. The summed E-state index contributed by atoms with van der Waals surface area (Å²) in [5.74, 6) is -0.350. The van der Waals surface area contributed by atoms with Gasteiger partial charge in [-0.25, -0.2) is 9.79 Å².